The van der Waals surface area contributed by atoms with Crippen molar-refractivity contribution < 1.29 is 0 Å². The monoisotopic (exact) mass is 420 g/mol. The van der Waals surface area contributed by atoms with Gasteiger partial charge < -0.3 is 0 Å². The second kappa shape index (κ2) is 8.97. The van der Waals surface area contributed by atoms with Crippen LogP contribution in [0.4, 0.5) is 0 Å². The van der Waals surface area contributed by atoms with Gasteiger partial charge in [0, 0.05) is 18.8 Å². The molecule has 0 aliphatic heterocycles. The molecule has 27 heavy (non-hydrogen) atoms. The van der Waals surface area contributed by atoms with E-state index in [2.05, 4.69) is 59.6 Å². The Bertz CT molecular complexity index is 774. The summed E-state index contributed by atoms with van der Waals surface area (Å²) in [7, 11) is 0. The first kappa shape index (κ1) is 20.7. The fourth-order valence-electron chi connectivity index (χ4n) is 3.72. The topological polar surface area (TPSA) is 63.8 Å². The SMILES string of the molecule is CCSC1=CC(Cl)(NN)CC(SCC)(c2ccccc2)C1c1ncccn1. The molecule has 1 aromatic heterocycles. The van der Waals surface area contributed by atoms with Gasteiger partial charge in [0.2, 0.25) is 0 Å². The zero-order valence-electron chi connectivity index (χ0n) is 15.6. The Morgan fingerprint density at radius 3 is 2.44 bits per heavy atom. The molecule has 7 heteroatoms. The Morgan fingerprint density at radius 1 is 1.15 bits per heavy atom. The van der Waals surface area contributed by atoms with E-state index in [-0.39, 0.29) is 10.7 Å². The normalized spacial score (nSPS) is 28.0. The number of rotatable bonds is 7. The second-order valence-corrected chi connectivity index (χ2v) is 10.00. The van der Waals surface area contributed by atoms with Crippen molar-refractivity contribution in [1.29, 1.82) is 0 Å². The summed E-state index contributed by atoms with van der Waals surface area (Å²) in [5.41, 5.74) is 4.06. The van der Waals surface area contributed by atoms with Gasteiger partial charge in [-0.25, -0.2) is 15.4 Å². The molecule has 3 atom stereocenters. The fraction of sp³-hybridized carbons (Fsp3) is 0.400. The van der Waals surface area contributed by atoms with Gasteiger partial charge in [0.15, 0.2) is 0 Å². The van der Waals surface area contributed by atoms with Crippen LogP contribution < -0.4 is 11.3 Å². The maximum atomic E-state index is 6.93. The maximum absolute atomic E-state index is 6.93. The van der Waals surface area contributed by atoms with Crippen molar-refractivity contribution >= 4 is 35.1 Å². The van der Waals surface area contributed by atoms with Crippen molar-refractivity contribution in [3.8, 4) is 0 Å². The number of nitrogens with two attached hydrogens (primary N) is 1. The largest absolute Gasteiger partial charge is 0.270 e. The minimum Gasteiger partial charge on any atom is -0.270 e. The van der Waals surface area contributed by atoms with Crippen LogP contribution in [0.2, 0.25) is 0 Å². The van der Waals surface area contributed by atoms with Crippen LogP contribution in [0.5, 0.6) is 0 Å². The molecule has 3 rings (SSSR count). The summed E-state index contributed by atoms with van der Waals surface area (Å²) >= 11 is 10.6. The van der Waals surface area contributed by atoms with Gasteiger partial charge in [-0.05, 0) is 34.1 Å². The van der Waals surface area contributed by atoms with Gasteiger partial charge in [-0.15, -0.1) is 23.5 Å². The molecule has 0 fully saturated rings. The Kier molecular flexibility index (Phi) is 6.87. The number of hydrogen-bond acceptors (Lipinski definition) is 6. The molecule has 1 aliphatic carbocycles. The van der Waals surface area contributed by atoms with Gasteiger partial charge in [-0.2, -0.15) is 0 Å². The molecule has 1 aromatic carbocycles. The van der Waals surface area contributed by atoms with E-state index in [1.165, 1.54) is 5.56 Å². The van der Waals surface area contributed by atoms with Crippen molar-refractivity contribution in [3.05, 3.63) is 71.2 Å². The van der Waals surface area contributed by atoms with Crippen molar-refractivity contribution in [1.82, 2.24) is 15.4 Å². The number of aromatic nitrogens is 2. The van der Waals surface area contributed by atoms with E-state index in [0.717, 1.165) is 22.2 Å². The van der Waals surface area contributed by atoms with Crippen LogP contribution in [0.3, 0.4) is 0 Å². The van der Waals surface area contributed by atoms with Gasteiger partial charge in [0.1, 0.15) is 10.8 Å². The highest BCUT2D eigenvalue weighted by Crippen LogP contribution is 2.60. The molecule has 0 radical (unpaired) electrons. The van der Waals surface area contributed by atoms with Crippen LogP contribution >= 0.6 is 35.1 Å². The molecule has 3 N–H and O–H groups in total. The number of benzene rings is 1. The van der Waals surface area contributed by atoms with E-state index in [9.17, 15) is 0 Å². The molecule has 4 nitrogen and oxygen atoms in total. The Labute approximate surface area is 174 Å². The van der Waals surface area contributed by atoms with Gasteiger partial charge >= 0.3 is 0 Å². The first-order chi connectivity index (χ1) is 13.1. The number of nitrogens with one attached hydrogen (secondary N) is 1. The van der Waals surface area contributed by atoms with Crippen LogP contribution in [0.15, 0.2) is 59.8 Å². The highest BCUT2D eigenvalue weighted by atomic mass is 35.5. The number of hydrogen-bond donors (Lipinski definition) is 2. The van der Waals surface area contributed by atoms with Gasteiger partial charge in [0.25, 0.3) is 0 Å². The molecule has 144 valence electrons. The molecular weight excluding hydrogens is 396 g/mol. The van der Waals surface area contributed by atoms with E-state index < -0.39 is 5.00 Å². The summed E-state index contributed by atoms with van der Waals surface area (Å²) in [6.07, 6.45) is 6.32. The Morgan fingerprint density at radius 2 is 1.85 bits per heavy atom. The lowest BCUT2D eigenvalue weighted by molar-refractivity contribution is 0.379. The molecule has 0 saturated carbocycles. The summed E-state index contributed by atoms with van der Waals surface area (Å²) in [6.45, 7) is 4.32. The van der Waals surface area contributed by atoms with Crippen LogP contribution in [0.25, 0.3) is 0 Å². The predicted molar refractivity (Wildman–Crippen MR) is 118 cm³/mol. The highest BCUT2D eigenvalue weighted by Gasteiger charge is 2.52. The highest BCUT2D eigenvalue weighted by molar-refractivity contribution is 8.03. The maximum Gasteiger partial charge on any atom is 0.137 e. The zero-order chi connectivity index (χ0) is 19.3. The minimum atomic E-state index is -0.819. The minimum absolute atomic E-state index is 0.0104. The standard InChI is InChI=1S/C20H25ClN4S2/c1-3-26-16-13-19(21,25-22)14-20(27-4-2,15-9-6-5-7-10-15)17(16)18-23-11-8-12-24-18/h5-13,17,25H,3-4,14,22H2,1-2H3. The van der Waals surface area contributed by atoms with E-state index in [0.29, 0.717) is 6.42 Å². The van der Waals surface area contributed by atoms with Crippen molar-refractivity contribution in [2.24, 2.45) is 5.84 Å². The first-order valence-electron chi connectivity index (χ1n) is 9.07. The van der Waals surface area contributed by atoms with Crippen LogP contribution in [0, 0.1) is 0 Å². The smallest absolute Gasteiger partial charge is 0.137 e. The number of thioether (sulfide) groups is 2. The summed E-state index contributed by atoms with van der Waals surface area (Å²) < 4.78 is -0.322. The van der Waals surface area contributed by atoms with Crippen LogP contribution in [0.1, 0.15) is 37.6 Å². The lowest BCUT2D eigenvalue weighted by Crippen LogP contribution is -2.52. The lowest BCUT2D eigenvalue weighted by atomic mass is 9.75. The van der Waals surface area contributed by atoms with Gasteiger partial charge in [0.05, 0.1) is 10.7 Å². The van der Waals surface area contributed by atoms with Gasteiger partial charge in [-0.3, -0.25) is 5.84 Å². The van der Waals surface area contributed by atoms with Crippen molar-refractivity contribution in [3.63, 3.8) is 0 Å². The number of allylic oxidation sites excluding steroid dienone is 1. The average Bonchev–Trinajstić information content (AvgIpc) is 2.69. The molecule has 3 unspecified atom stereocenters. The van der Waals surface area contributed by atoms with E-state index in [4.69, 9.17) is 17.4 Å². The molecule has 0 bridgehead atoms. The summed E-state index contributed by atoms with van der Waals surface area (Å²) in [4.78, 5) is 9.62. The fourth-order valence-corrected chi connectivity index (χ4v) is 6.90. The molecule has 0 saturated heterocycles. The third-order valence-corrected chi connectivity index (χ3v) is 7.45. The van der Waals surface area contributed by atoms with E-state index in [1.54, 1.807) is 11.8 Å². The average molecular weight is 421 g/mol. The Hall–Kier alpha value is -1.05. The zero-order valence-corrected chi connectivity index (χ0v) is 17.9. The quantitative estimate of drug-likeness (QED) is 0.294. The number of hydrazine groups is 1. The third kappa shape index (κ3) is 4.20. The summed E-state index contributed by atoms with van der Waals surface area (Å²) in [5, 5.41) is 0. The molecular formula is C20H25ClN4S2. The van der Waals surface area contributed by atoms with Crippen LogP contribution in [-0.2, 0) is 4.75 Å². The molecule has 1 aliphatic rings. The summed E-state index contributed by atoms with van der Waals surface area (Å²) in [5.74, 6) is 8.62. The molecule has 1 heterocycles. The van der Waals surface area contributed by atoms with E-state index >= 15 is 0 Å². The Balaban J connectivity index is 2.27. The third-order valence-electron chi connectivity index (χ3n) is 4.70. The molecule has 0 spiro atoms. The lowest BCUT2D eigenvalue weighted by Gasteiger charge is -2.48. The number of nitrogens with zero attached hydrogens (tertiary/aromatic N) is 2. The second-order valence-electron chi connectivity index (χ2n) is 6.39. The molecule has 2 aromatic rings. The number of halogens is 1. The molecule has 0 amide bonds. The van der Waals surface area contributed by atoms with Crippen molar-refractivity contribution in [2.45, 2.75) is 35.9 Å². The van der Waals surface area contributed by atoms with Crippen LogP contribution in [-0.4, -0.2) is 26.5 Å². The summed E-state index contributed by atoms with van der Waals surface area (Å²) in [6, 6.07) is 12.4. The van der Waals surface area contributed by atoms with E-state index in [1.807, 2.05) is 36.3 Å². The number of alkyl halides is 1. The first-order valence-corrected chi connectivity index (χ1v) is 11.4. The van der Waals surface area contributed by atoms with Gasteiger partial charge in [-0.1, -0.05) is 55.8 Å². The van der Waals surface area contributed by atoms with Crippen molar-refractivity contribution in [2.75, 3.05) is 11.5 Å². The predicted octanol–water partition coefficient (Wildman–Crippen LogP) is 4.65.